The lowest BCUT2D eigenvalue weighted by molar-refractivity contribution is 0.108. The highest BCUT2D eigenvalue weighted by Crippen LogP contribution is 2.12. The van der Waals surface area contributed by atoms with Crippen LogP contribution in [-0.2, 0) is 6.54 Å². The Hall–Kier alpha value is -1.88. The second-order valence-electron chi connectivity index (χ2n) is 5.17. The number of nitriles is 2. The Morgan fingerprint density at radius 2 is 1.75 bits per heavy atom. The molecule has 0 N–H and O–H groups in total. The third-order valence-electron chi connectivity index (χ3n) is 3.87. The third kappa shape index (κ3) is 3.57. The van der Waals surface area contributed by atoms with Gasteiger partial charge in [-0.15, -0.1) is 0 Å². The minimum atomic E-state index is 0.0621. The molecule has 0 aliphatic carbocycles. The van der Waals surface area contributed by atoms with Crippen LogP contribution < -0.4 is 0 Å². The van der Waals surface area contributed by atoms with E-state index in [1.165, 1.54) is 5.56 Å². The summed E-state index contributed by atoms with van der Waals surface area (Å²) in [5.41, 5.74) is 1.95. The maximum atomic E-state index is 9.10. The van der Waals surface area contributed by atoms with Crippen molar-refractivity contribution < 1.29 is 0 Å². The standard InChI is InChI=1S/C16H20N4/c1-2-16(12-18)20-9-7-19(8-10-20)13-15-5-3-14(11-17)4-6-15/h3-6,16H,2,7-10,13H2,1H3. The Bertz CT molecular complexity index is 501. The molecule has 1 aromatic rings. The molecule has 1 unspecified atom stereocenters. The van der Waals surface area contributed by atoms with Gasteiger partial charge in [0.1, 0.15) is 0 Å². The molecule has 0 amide bonds. The van der Waals surface area contributed by atoms with Gasteiger partial charge in [0.15, 0.2) is 0 Å². The molecule has 0 bridgehead atoms. The molecule has 104 valence electrons. The van der Waals surface area contributed by atoms with Crippen molar-refractivity contribution in [3.8, 4) is 12.1 Å². The van der Waals surface area contributed by atoms with Crippen LogP contribution in [0.15, 0.2) is 24.3 Å². The van der Waals surface area contributed by atoms with E-state index in [9.17, 15) is 0 Å². The third-order valence-corrected chi connectivity index (χ3v) is 3.87. The number of benzene rings is 1. The van der Waals surface area contributed by atoms with Gasteiger partial charge in [-0.05, 0) is 24.1 Å². The van der Waals surface area contributed by atoms with Crippen LogP contribution in [0.4, 0.5) is 0 Å². The maximum Gasteiger partial charge on any atom is 0.0991 e. The lowest BCUT2D eigenvalue weighted by atomic mass is 10.1. The average Bonchev–Trinajstić information content (AvgIpc) is 2.51. The quantitative estimate of drug-likeness (QED) is 0.838. The van der Waals surface area contributed by atoms with Gasteiger partial charge in [0.05, 0.1) is 23.7 Å². The van der Waals surface area contributed by atoms with E-state index >= 15 is 0 Å². The van der Waals surface area contributed by atoms with E-state index in [0.717, 1.165) is 39.1 Å². The van der Waals surface area contributed by atoms with Gasteiger partial charge in [0.25, 0.3) is 0 Å². The van der Waals surface area contributed by atoms with Crippen LogP contribution in [-0.4, -0.2) is 42.0 Å². The Balaban J connectivity index is 1.85. The zero-order valence-electron chi connectivity index (χ0n) is 11.9. The lowest BCUT2D eigenvalue weighted by Gasteiger charge is -2.36. The number of hydrogen-bond acceptors (Lipinski definition) is 4. The van der Waals surface area contributed by atoms with Crippen molar-refractivity contribution >= 4 is 0 Å². The number of piperazine rings is 1. The molecule has 0 radical (unpaired) electrons. The van der Waals surface area contributed by atoms with Gasteiger partial charge in [0, 0.05) is 32.7 Å². The first-order valence-corrected chi connectivity index (χ1v) is 7.12. The highest BCUT2D eigenvalue weighted by atomic mass is 15.3. The highest BCUT2D eigenvalue weighted by molar-refractivity contribution is 5.31. The second-order valence-corrected chi connectivity index (χ2v) is 5.17. The van der Waals surface area contributed by atoms with Gasteiger partial charge in [-0.2, -0.15) is 10.5 Å². The first kappa shape index (κ1) is 14.5. The van der Waals surface area contributed by atoms with E-state index in [-0.39, 0.29) is 6.04 Å². The van der Waals surface area contributed by atoms with Crippen LogP contribution in [0, 0.1) is 22.7 Å². The van der Waals surface area contributed by atoms with Crippen LogP contribution >= 0.6 is 0 Å². The van der Waals surface area contributed by atoms with Crippen molar-refractivity contribution in [2.75, 3.05) is 26.2 Å². The number of nitrogens with zero attached hydrogens (tertiary/aromatic N) is 4. The molecule has 0 saturated carbocycles. The molecule has 1 aliphatic heterocycles. The van der Waals surface area contributed by atoms with Crippen molar-refractivity contribution in [3.05, 3.63) is 35.4 Å². The summed E-state index contributed by atoms with van der Waals surface area (Å²) >= 11 is 0. The van der Waals surface area contributed by atoms with Crippen molar-refractivity contribution in [2.45, 2.75) is 25.9 Å². The minimum Gasteiger partial charge on any atom is -0.297 e. The van der Waals surface area contributed by atoms with Gasteiger partial charge in [-0.25, -0.2) is 0 Å². The summed E-state index contributed by atoms with van der Waals surface area (Å²) in [6.07, 6.45) is 0.895. The fourth-order valence-corrected chi connectivity index (χ4v) is 2.61. The summed E-state index contributed by atoms with van der Waals surface area (Å²) in [4.78, 5) is 4.68. The maximum absolute atomic E-state index is 9.10. The predicted octanol–water partition coefficient (Wildman–Crippen LogP) is 1.98. The fourth-order valence-electron chi connectivity index (χ4n) is 2.61. The molecule has 1 fully saturated rings. The van der Waals surface area contributed by atoms with Crippen molar-refractivity contribution in [2.24, 2.45) is 0 Å². The van der Waals surface area contributed by atoms with Crippen molar-refractivity contribution in [3.63, 3.8) is 0 Å². The molecule has 2 rings (SSSR count). The first-order chi connectivity index (χ1) is 9.76. The van der Waals surface area contributed by atoms with E-state index < -0.39 is 0 Å². The van der Waals surface area contributed by atoms with E-state index in [1.807, 2.05) is 24.3 Å². The summed E-state index contributed by atoms with van der Waals surface area (Å²) in [6.45, 7) is 6.90. The molecule has 0 aromatic heterocycles. The second kappa shape index (κ2) is 7.05. The monoisotopic (exact) mass is 268 g/mol. The van der Waals surface area contributed by atoms with E-state index in [0.29, 0.717) is 5.56 Å². The fraction of sp³-hybridized carbons (Fsp3) is 0.500. The summed E-state index contributed by atoms with van der Waals surface area (Å²) in [6, 6.07) is 12.4. The van der Waals surface area contributed by atoms with Gasteiger partial charge in [0.2, 0.25) is 0 Å². The van der Waals surface area contributed by atoms with E-state index in [2.05, 4.69) is 28.9 Å². The molecule has 1 aliphatic rings. The lowest BCUT2D eigenvalue weighted by Crippen LogP contribution is -2.49. The topological polar surface area (TPSA) is 54.1 Å². The Kier molecular flexibility index (Phi) is 5.12. The summed E-state index contributed by atoms with van der Waals surface area (Å²) < 4.78 is 0. The normalized spacial score (nSPS) is 18.1. The SMILES string of the molecule is CCC(C#N)N1CCN(Cc2ccc(C#N)cc2)CC1. The average molecular weight is 268 g/mol. The zero-order chi connectivity index (χ0) is 14.4. The smallest absolute Gasteiger partial charge is 0.0991 e. The van der Waals surface area contributed by atoms with Gasteiger partial charge < -0.3 is 0 Å². The number of rotatable bonds is 4. The van der Waals surface area contributed by atoms with Gasteiger partial charge in [-0.1, -0.05) is 19.1 Å². The van der Waals surface area contributed by atoms with Crippen LogP contribution in [0.3, 0.4) is 0 Å². The van der Waals surface area contributed by atoms with Crippen LogP contribution in [0.1, 0.15) is 24.5 Å². The van der Waals surface area contributed by atoms with Gasteiger partial charge in [-0.3, -0.25) is 9.80 Å². The molecular weight excluding hydrogens is 248 g/mol. The Morgan fingerprint density at radius 1 is 1.10 bits per heavy atom. The van der Waals surface area contributed by atoms with Gasteiger partial charge >= 0.3 is 0 Å². The molecule has 4 heteroatoms. The molecule has 4 nitrogen and oxygen atoms in total. The van der Waals surface area contributed by atoms with E-state index in [1.54, 1.807) is 0 Å². The molecule has 0 spiro atoms. The molecule has 1 aromatic carbocycles. The van der Waals surface area contributed by atoms with Crippen molar-refractivity contribution in [1.82, 2.24) is 9.80 Å². The number of hydrogen-bond donors (Lipinski definition) is 0. The predicted molar refractivity (Wildman–Crippen MR) is 77.7 cm³/mol. The molecule has 1 atom stereocenters. The Morgan fingerprint density at radius 3 is 2.25 bits per heavy atom. The zero-order valence-corrected chi connectivity index (χ0v) is 11.9. The molecule has 20 heavy (non-hydrogen) atoms. The highest BCUT2D eigenvalue weighted by Gasteiger charge is 2.22. The van der Waals surface area contributed by atoms with Crippen LogP contribution in [0.5, 0.6) is 0 Å². The van der Waals surface area contributed by atoms with Crippen molar-refractivity contribution in [1.29, 1.82) is 10.5 Å². The first-order valence-electron chi connectivity index (χ1n) is 7.12. The molecule has 1 heterocycles. The minimum absolute atomic E-state index is 0.0621. The van der Waals surface area contributed by atoms with Crippen LogP contribution in [0.25, 0.3) is 0 Å². The summed E-state index contributed by atoms with van der Waals surface area (Å²) in [7, 11) is 0. The summed E-state index contributed by atoms with van der Waals surface area (Å²) in [5.74, 6) is 0. The summed E-state index contributed by atoms with van der Waals surface area (Å²) in [5, 5.41) is 17.9. The molecular formula is C16H20N4. The largest absolute Gasteiger partial charge is 0.297 e. The molecule has 1 saturated heterocycles. The van der Waals surface area contributed by atoms with Crippen LogP contribution in [0.2, 0.25) is 0 Å². The van der Waals surface area contributed by atoms with E-state index in [4.69, 9.17) is 10.5 Å². The Labute approximate surface area is 120 Å².